The van der Waals surface area contributed by atoms with E-state index in [1.54, 1.807) is 11.3 Å². The Morgan fingerprint density at radius 1 is 1.23 bits per heavy atom. The van der Waals surface area contributed by atoms with Gasteiger partial charge in [0.1, 0.15) is 5.82 Å². The molecule has 7 heteroatoms. The van der Waals surface area contributed by atoms with E-state index < -0.39 is 11.9 Å². The number of thioether (sulfide) groups is 1. The van der Waals surface area contributed by atoms with E-state index in [1.807, 2.05) is 17.5 Å². The number of hydrogen-bond donors (Lipinski definition) is 1. The second kappa shape index (κ2) is 8.55. The number of amides is 1. The lowest BCUT2D eigenvalue weighted by Crippen LogP contribution is -2.21. The topological polar surface area (TPSA) is 55.4 Å². The Balaban J connectivity index is 1.63. The highest BCUT2D eigenvalue weighted by Gasteiger charge is 2.08. The zero-order valence-electron chi connectivity index (χ0n) is 11.6. The number of rotatable bonds is 7. The maximum absolute atomic E-state index is 12.7. The number of nitrogens with one attached hydrogen (secondary N) is 1. The molecule has 0 saturated carbocycles. The van der Waals surface area contributed by atoms with Gasteiger partial charge in [-0.1, -0.05) is 6.07 Å². The summed E-state index contributed by atoms with van der Waals surface area (Å²) >= 11 is 3.07. The number of esters is 1. The van der Waals surface area contributed by atoms with Gasteiger partial charge < -0.3 is 10.1 Å². The summed E-state index contributed by atoms with van der Waals surface area (Å²) in [4.78, 5) is 24.3. The van der Waals surface area contributed by atoms with E-state index in [0.717, 1.165) is 5.75 Å². The largest absolute Gasteiger partial charge is 0.455 e. The maximum Gasteiger partial charge on any atom is 0.316 e. The number of thiophene rings is 1. The molecule has 1 heterocycles. The second-order valence-corrected chi connectivity index (χ2v) is 6.31. The third kappa shape index (κ3) is 5.87. The summed E-state index contributed by atoms with van der Waals surface area (Å²) in [6, 6.07) is 9.31. The first-order chi connectivity index (χ1) is 10.6. The Morgan fingerprint density at radius 3 is 2.68 bits per heavy atom. The van der Waals surface area contributed by atoms with Crippen LogP contribution in [0.15, 0.2) is 41.8 Å². The zero-order chi connectivity index (χ0) is 15.8. The monoisotopic (exact) mass is 339 g/mol. The van der Waals surface area contributed by atoms with Crippen LogP contribution in [-0.2, 0) is 20.1 Å². The summed E-state index contributed by atoms with van der Waals surface area (Å²) < 4.78 is 17.6. The van der Waals surface area contributed by atoms with Crippen molar-refractivity contribution in [1.82, 2.24) is 0 Å². The van der Waals surface area contributed by atoms with Crippen LogP contribution in [0, 0.1) is 5.82 Å². The van der Waals surface area contributed by atoms with E-state index in [2.05, 4.69) is 5.32 Å². The van der Waals surface area contributed by atoms with E-state index in [4.69, 9.17) is 4.74 Å². The minimum Gasteiger partial charge on any atom is -0.455 e. The van der Waals surface area contributed by atoms with Crippen LogP contribution in [-0.4, -0.2) is 24.2 Å². The first-order valence-electron chi connectivity index (χ1n) is 6.44. The number of carbonyl (C=O) groups is 2. The molecular weight excluding hydrogens is 325 g/mol. The molecule has 0 bridgehead atoms. The first-order valence-corrected chi connectivity index (χ1v) is 8.48. The molecule has 0 atom stereocenters. The fraction of sp³-hybridized carbons (Fsp3) is 0.200. The van der Waals surface area contributed by atoms with Crippen LogP contribution in [0.3, 0.4) is 0 Å². The smallest absolute Gasteiger partial charge is 0.316 e. The molecule has 2 rings (SSSR count). The van der Waals surface area contributed by atoms with Gasteiger partial charge in [0.15, 0.2) is 6.61 Å². The lowest BCUT2D eigenvalue weighted by molar-refractivity contribution is -0.144. The fourth-order valence-electron chi connectivity index (χ4n) is 1.55. The van der Waals surface area contributed by atoms with Crippen LogP contribution >= 0.6 is 23.1 Å². The molecule has 2 aromatic rings. The molecule has 1 aromatic heterocycles. The molecule has 0 saturated heterocycles. The van der Waals surface area contributed by atoms with Crippen molar-refractivity contribution >= 4 is 40.7 Å². The molecule has 0 spiro atoms. The number of halogens is 1. The minimum atomic E-state index is -0.455. The maximum atomic E-state index is 12.7. The molecule has 0 radical (unpaired) electrons. The van der Waals surface area contributed by atoms with Gasteiger partial charge in [-0.15, -0.1) is 23.1 Å². The Labute approximate surface area is 135 Å². The summed E-state index contributed by atoms with van der Waals surface area (Å²) in [6.07, 6.45) is 0. The summed E-state index contributed by atoms with van der Waals surface area (Å²) in [5.74, 6) is -0.331. The Kier molecular flexibility index (Phi) is 6.42. The number of hydrogen-bond acceptors (Lipinski definition) is 5. The fourth-order valence-corrected chi connectivity index (χ4v) is 3.21. The van der Waals surface area contributed by atoms with Crippen LogP contribution < -0.4 is 5.32 Å². The number of benzene rings is 1. The second-order valence-electron chi connectivity index (χ2n) is 4.29. The van der Waals surface area contributed by atoms with Gasteiger partial charge in [-0.2, -0.15) is 0 Å². The van der Waals surface area contributed by atoms with Gasteiger partial charge in [0.2, 0.25) is 0 Å². The Hall–Kier alpha value is -1.86. The average Bonchev–Trinajstić information content (AvgIpc) is 3.01. The van der Waals surface area contributed by atoms with Crippen molar-refractivity contribution in [2.75, 3.05) is 17.7 Å². The first kappa shape index (κ1) is 16.5. The van der Waals surface area contributed by atoms with Gasteiger partial charge in [0.05, 0.1) is 5.75 Å². The normalized spacial score (nSPS) is 10.2. The van der Waals surface area contributed by atoms with E-state index in [1.165, 1.54) is 40.9 Å². The van der Waals surface area contributed by atoms with Crippen LogP contribution in [0.1, 0.15) is 4.88 Å². The lowest BCUT2D eigenvalue weighted by Gasteiger charge is -2.06. The van der Waals surface area contributed by atoms with Gasteiger partial charge in [0, 0.05) is 16.3 Å². The summed E-state index contributed by atoms with van der Waals surface area (Å²) in [5.41, 5.74) is 0.453. The molecule has 22 heavy (non-hydrogen) atoms. The van der Waals surface area contributed by atoms with Crippen molar-refractivity contribution in [3.8, 4) is 0 Å². The van der Waals surface area contributed by atoms with Crippen molar-refractivity contribution in [2.45, 2.75) is 5.75 Å². The van der Waals surface area contributed by atoms with Crippen molar-refractivity contribution in [3.05, 3.63) is 52.5 Å². The van der Waals surface area contributed by atoms with Gasteiger partial charge in [0.25, 0.3) is 5.91 Å². The van der Waals surface area contributed by atoms with E-state index in [-0.39, 0.29) is 18.2 Å². The lowest BCUT2D eigenvalue weighted by atomic mass is 10.3. The molecular formula is C15H14FNO3S2. The van der Waals surface area contributed by atoms with Crippen LogP contribution in [0.2, 0.25) is 0 Å². The number of ether oxygens (including phenoxy) is 1. The minimum absolute atomic E-state index is 0.196. The van der Waals surface area contributed by atoms with Crippen LogP contribution in [0.5, 0.6) is 0 Å². The predicted molar refractivity (Wildman–Crippen MR) is 86.5 cm³/mol. The zero-order valence-corrected chi connectivity index (χ0v) is 13.2. The molecule has 0 aliphatic heterocycles. The molecule has 4 nitrogen and oxygen atoms in total. The van der Waals surface area contributed by atoms with Crippen molar-refractivity contribution in [3.63, 3.8) is 0 Å². The van der Waals surface area contributed by atoms with Gasteiger partial charge >= 0.3 is 5.97 Å². The van der Waals surface area contributed by atoms with Crippen LogP contribution in [0.4, 0.5) is 10.1 Å². The summed E-state index contributed by atoms with van der Waals surface area (Å²) in [7, 11) is 0. The molecule has 0 aliphatic carbocycles. The highest BCUT2D eigenvalue weighted by Crippen LogP contribution is 2.17. The van der Waals surface area contributed by atoms with Crippen molar-refractivity contribution < 1.29 is 18.7 Å². The third-order valence-electron chi connectivity index (χ3n) is 2.54. The quantitative estimate of drug-likeness (QED) is 0.787. The standard InChI is InChI=1S/C15H14FNO3S2/c16-11-3-5-12(6-4-11)17-14(18)8-20-15(19)10-21-9-13-2-1-7-22-13/h1-7H,8-10H2,(H,17,18). The Bertz CT molecular complexity index is 614. The van der Waals surface area contributed by atoms with Crippen molar-refractivity contribution in [1.29, 1.82) is 0 Å². The van der Waals surface area contributed by atoms with Gasteiger partial charge in [-0.05, 0) is 35.7 Å². The molecule has 1 N–H and O–H groups in total. The summed E-state index contributed by atoms with van der Waals surface area (Å²) in [6.45, 7) is -0.351. The highest BCUT2D eigenvalue weighted by molar-refractivity contribution is 7.99. The number of anilines is 1. The predicted octanol–water partition coefficient (Wildman–Crippen LogP) is 3.30. The molecule has 1 aromatic carbocycles. The average molecular weight is 339 g/mol. The van der Waals surface area contributed by atoms with Gasteiger partial charge in [-0.25, -0.2) is 4.39 Å². The third-order valence-corrected chi connectivity index (χ3v) is 4.55. The number of carbonyl (C=O) groups excluding carboxylic acids is 2. The molecule has 0 unspecified atom stereocenters. The summed E-state index contributed by atoms with van der Waals surface area (Å²) in [5, 5.41) is 4.50. The SMILES string of the molecule is O=C(COC(=O)CSCc1cccs1)Nc1ccc(F)cc1. The van der Waals surface area contributed by atoms with E-state index in [0.29, 0.717) is 5.69 Å². The molecule has 0 aliphatic rings. The molecule has 116 valence electrons. The van der Waals surface area contributed by atoms with Crippen molar-refractivity contribution in [2.24, 2.45) is 0 Å². The highest BCUT2D eigenvalue weighted by atomic mass is 32.2. The van der Waals surface area contributed by atoms with Crippen LogP contribution in [0.25, 0.3) is 0 Å². The van der Waals surface area contributed by atoms with E-state index >= 15 is 0 Å². The Morgan fingerprint density at radius 2 is 2.00 bits per heavy atom. The molecule has 1 amide bonds. The molecule has 0 fully saturated rings. The van der Waals surface area contributed by atoms with E-state index in [9.17, 15) is 14.0 Å². The van der Waals surface area contributed by atoms with Gasteiger partial charge in [-0.3, -0.25) is 9.59 Å².